The van der Waals surface area contributed by atoms with Crippen molar-refractivity contribution in [3.63, 3.8) is 0 Å². The van der Waals surface area contributed by atoms with Gasteiger partial charge in [0.05, 0.1) is 34.1 Å². The molecule has 35 heavy (non-hydrogen) atoms. The van der Waals surface area contributed by atoms with Crippen molar-refractivity contribution in [2.75, 3.05) is 5.32 Å². The minimum Gasteiger partial charge on any atom is -0.302 e. The van der Waals surface area contributed by atoms with Crippen LogP contribution in [0.5, 0.6) is 0 Å². The maximum Gasteiger partial charge on any atom is 0.417 e. The SMILES string of the molecule is Cn1c(=O)c2c(CC(=O)Nc3nc(-c4c(C(F)(F)F)ccc(F)c4F)cs3)cccc2n(C)c1=O. The lowest BCUT2D eigenvalue weighted by atomic mass is 10.0. The van der Waals surface area contributed by atoms with E-state index in [-0.39, 0.29) is 16.9 Å². The summed E-state index contributed by atoms with van der Waals surface area (Å²) in [5.74, 6) is -3.84. The third-order valence-corrected chi connectivity index (χ3v) is 6.10. The number of carbonyl (C=O) groups is 1. The number of carbonyl (C=O) groups excluding carboxylic acids is 1. The van der Waals surface area contributed by atoms with E-state index in [0.717, 1.165) is 21.3 Å². The largest absolute Gasteiger partial charge is 0.417 e. The van der Waals surface area contributed by atoms with Crippen LogP contribution in [0.1, 0.15) is 11.1 Å². The number of thiazole rings is 1. The number of hydrogen-bond acceptors (Lipinski definition) is 5. The van der Waals surface area contributed by atoms with E-state index in [4.69, 9.17) is 0 Å². The summed E-state index contributed by atoms with van der Waals surface area (Å²) in [6.45, 7) is 0. The number of aryl methyl sites for hydroxylation is 1. The highest BCUT2D eigenvalue weighted by atomic mass is 32.1. The van der Waals surface area contributed by atoms with Gasteiger partial charge in [-0.3, -0.25) is 18.7 Å². The molecule has 7 nitrogen and oxygen atoms in total. The van der Waals surface area contributed by atoms with Gasteiger partial charge in [-0.15, -0.1) is 11.3 Å². The maximum atomic E-state index is 14.3. The zero-order chi connectivity index (χ0) is 25.7. The monoisotopic (exact) mass is 510 g/mol. The van der Waals surface area contributed by atoms with Gasteiger partial charge in [0.2, 0.25) is 5.91 Å². The fourth-order valence-electron chi connectivity index (χ4n) is 3.66. The molecular weight excluding hydrogens is 495 g/mol. The van der Waals surface area contributed by atoms with Crippen molar-refractivity contribution in [3.05, 3.63) is 79.3 Å². The Morgan fingerprint density at radius 3 is 2.49 bits per heavy atom. The van der Waals surface area contributed by atoms with E-state index < -0.39 is 51.8 Å². The first-order valence-corrected chi connectivity index (χ1v) is 10.8. The molecule has 0 aliphatic heterocycles. The van der Waals surface area contributed by atoms with Crippen molar-refractivity contribution in [1.82, 2.24) is 14.1 Å². The zero-order valence-corrected chi connectivity index (χ0v) is 18.9. The molecule has 0 aliphatic carbocycles. The van der Waals surface area contributed by atoms with E-state index in [0.29, 0.717) is 23.2 Å². The normalized spacial score (nSPS) is 11.7. The molecule has 0 bridgehead atoms. The average molecular weight is 510 g/mol. The lowest BCUT2D eigenvalue weighted by Crippen LogP contribution is -2.37. The highest BCUT2D eigenvalue weighted by Gasteiger charge is 2.36. The van der Waals surface area contributed by atoms with Crippen molar-refractivity contribution < 1.29 is 26.7 Å². The third-order valence-electron chi connectivity index (χ3n) is 5.34. The fraction of sp³-hybridized carbons (Fsp3) is 0.182. The lowest BCUT2D eigenvalue weighted by Gasteiger charge is -2.12. The first-order valence-electron chi connectivity index (χ1n) is 9.88. The number of halogens is 5. The summed E-state index contributed by atoms with van der Waals surface area (Å²) in [6, 6.07) is 5.44. The minimum atomic E-state index is -4.96. The molecule has 0 fully saturated rings. The molecule has 4 rings (SSSR count). The molecule has 0 spiro atoms. The van der Waals surface area contributed by atoms with E-state index in [1.807, 2.05) is 0 Å². The zero-order valence-electron chi connectivity index (χ0n) is 18.0. The van der Waals surface area contributed by atoms with Crippen LogP contribution in [0.25, 0.3) is 22.2 Å². The average Bonchev–Trinajstić information content (AvgIpc) is 3.24. The van der Waals surface area contributed by atoms with Crippen LogP contribution in [0.2, 0.25) is 0 Å². The van der Waals surface area contributed by atoms with E-state index in [2.05, 4.69) is 10.3 Å². The first kappa shape index (κ1) is 24.3. The van der Waals surface area contributed by atoms with Crippen molar-refractivity contribution in [1.29, 1.82) is 0 Å². The fourth-order valence-corrected chi connectivity index (χ4v) is 4.38. The van der Waals surface area contributed by atoms with Crippen LogP contribution in [-0.4, -0.2) is 20.0 Å². The number of fused-ring (bicyclic) bond motifs is 1. The molecule has 0 unspecified atom stereocenters. The van der Waals surface area contributed by atoms with Crippen LogP contribution < -0.4 is 16.6 Å². The number of benzene rings is 2. The van der Waals surface area contributed by atoms with Crippen LogP contribution in [0.15, 0.2) is 45.3 Å². The van der Waals surface area contributed by atoms with Gasteiger partial charge in [0.25, 0.3) is 5.56 Å². The number of amides is 1. The van der Waals surface area contributed by atoms with Crippen molar-refractivity contribution in [2.45, 2.75) is 12.6 Å². The second-order valence-corrected chi connectivity index (χ2v) is 8.42. The van der Waals surface area contributed by atoms with Gasteiger partial charge in [-0.05, 0) is 23.8 Å². The van der Waals surface area contributed by atoms with Crippen molar-refractivity contribution in [2.24, 2.45) is 14.1 Å². The summed E-state index contributed by atoms with van der Waals surface area (Å²) in [5.41, 5.74) is -3.47. The smallest absolute Gasteiger partial charge is 0.302 e. The Hall–Kier alpha value is -3.87. The van der Waals surface area contributed by atoms with Crippen LogP contribution >= 0.6 is 11.3 Å². The van der Waals surface area contributed by atoms with E-state index in [1.54, 1.807) is 12.1 Å². The molecule has 182 valence electrons. The molecule has 0 aliphatic rings. The summed E-state index contributed by atoms with van der Waals surface area (Å²) in [7, 11) is 2.78. The highest BCUT2D eigenvalue weighted by molar-refractivity contribution is 7.14. The Balaban J connectivity index is 1.65. The summed E-state index contributed by atoms with van der Waals surface area (Å²) >= 11 is 0.720. The number of nitrogens with one attached hydrogen (secondary N) is 1. The van der Waals surface area contributed by atoms with Gasteiger partial charge in [-0.1, -0.05) is 12.1 Å². The van der Waals surface area contributed by atoms with E-state index in [9.17, 15) is 36.3 Å². The lowest BCUT2D eigenvalue weighted by molar-refractivity contribution is -0.137. The molecule has 1 amide bonds. The van der Waals surface area contributed by atoms with Gasteiger partial charge >= 0.3 is 11.9 Å². The molecule has 0 saturated heterocycles. The second-order valence-electron chi connectivity index (χ2n) is 7.56. The molecule has 0 atom stereocenters. The summed E-state index contributed by atoms with van der Waals surface area (Å²) in [5, 5.41) is 3.46. The van der Waals surface area contributed by atoms with Gasteiger partial charge in [-0.2, -0.15) is 13.2 Å². The topological polar surface area (TPSA) is 86.0 Å². The quantitative estimate of drug-likeness (QED) is 0.423. The Morgan fingerprint density at radius 2 is 1.80 bits per heavy atom. The van der Waals surface area contributed by atoms with Gasteiger partial charge in [0.15, 0.2) is 16.8 Å². The van der Waals surface area contributed by atoms with Gasteiger partial charge < -0.3 is 5.32 Å². The van der Waals surface area contributed by atoms with Crippen LogP contribution in [-0.2, 0) is 31.5 Å². The molecule has 1 N–H and O–H groups in total. The predicted octanol–water partition coefficient (Wildman–Crippen LogP) is 3.84. The highest BCUT2D eigenvalue weighted by Crippen LogP contribution is 2.40. The van der Waals surface area contributed by atoms with Gasteiger partial charge in [-0.25, -0.2) is 18.6 Å². The van der Waals surface area contributed by atoms with Crippen molar-refractivity contribution >= 4 is 33.3 Å². The van der Waals surface area contributed by atoms with Crippen molar-refractivity contribution in [3.8, 4) is 11.3 Å². The van der Waals surface area contributed by atoms with Gasteiger partial charge in [0.1, 0.15) is 0 Å². The molecule has 0 radical (unpaired) electrons. The first-order chi connectivity index (χ1) is 16.4. The molecule has 2 heterocycles. The molecular formula is C22H15F5N4O3S. The predicted molar refractivity (Wildman–Crippen MR) is 119 cm³/mol. The maximum absolute atomic E-state index is 14.3. The Labute approximate surface area is 197 Å². The Bertz CT molecular complexity index is 1600. The molecule has 2 aromatic heterocycles. The Morgan fingerprint density at radius 1 is 1.09 bits per heavy atom. The summed E-state index contributed by atoms with van der Waals surface area (Å²) < 4.78 is 70.0. The van der Waals surface area contributed by atoms with E-state index in [1.165, 1.54) is 24.7 Å². The molecule has 2 aromatic carbocycles. The number of nitrogens with zero attached hydrogens (tertiary/aromatic N) is 3. The number of aromatic nitrogens is 3. The van der Waals surface area contributed by atoms with E-state index >= 15 is 0 Å². The number of anilines is 1. The standard InChI is InChI=1S/C22H15F5N4O3S/c1-30-14-5-3-4-10(16(14)19(33)31(2)21(30)34)8-15(32)29-20-28-13(9-35-20)17-11(22(25,26)27)6-7-12(23)18(17)24/h3-7,9H,8H2,1-2H3,(H,28,29,32). The van der Waals surface area contributed by atoms with Gasteiger partial charge in [0, 0.05) is 19.5 Å². The van der Waals surface area contributed by atoms with Crippen LogP contribution in [0, 0.1) is 11.6 Å². The molecule has 4 aromatic rings. The number of hydrogen-bond donors (Lipinski definition) is 1. The number of rotatable bonds is 4. The summed E-state index contributed by atoms with van der Waals surface area (Å²) in [6.07, 6.45) is -5.28. The van der Waals surface area contributed by atoms with Crippen LogP contribution in [0.4, 0.5) is 27.1 Å². The third kappa shape index (κ3) is 4.34. The second kappa shape index (κ2) is 8.73. The summed E-state index contributed by atoms with van der Waals surface area (Å²) in [4.78, 5) is 41.2. The molecule has 13 heteroatoms. The molecule has 0 saturated carbocycles. The Kier molecular flexibility index (Phi) is 6.05. The number of alkyl halides is 3. The van der Waals surface area contributed by atoms with Crippen LogP contribution in [0.3, 0.4) is 0 Å². The minimum absolute atomic E-state index is 0.151.